The van der Waals surface area contributed by atoms with Crippen molar-refractivity contribution in [1.29, 1.82) is 0 Å². The van der Waals surface area contributed by atoms with E-state index in [0.29, 0.717) is 0 Å². The van der Waals surface area contributed by atoms with Gasteiger partial charge in [-0.3, -0.25) is 0 Å². The lowest BCUT2D eigenvalue weighted by atomic mass is 10.2. The fourth-order valence-corrected chi connectivity index (χ4v) is 1.48. The third kappa shape index (κ3) is 13.9. The Morgan fingerprint density at radius 2 is 0.867 bits per heavy atom. The SMILES string of the molecule is CCCCN(CCCC)CCCC.O.O. The second-order valence-corrected chi connectivity index (χ2v) is 3.90. The number of hydrogen-bond acceptors (Lipinski definition) is 1. The van der Waals surface area contributed by atoms with Crippen molar-refractivity contribution >= 4 is 0 Å². The fourth-order valence-electron chi connectivity index (χ4n) is 1.48. The van der Waals surface area contributed by atoms with Crippen LogP contribution in [0.1, 0.15) is 59.3 Å². The predicted octanol–water partition coefficient (Wildman–Crippen LogP) is 2.04. The van der Waals surface area contributed by atoms with E-state index in [9.17, 15) is 0 Å². The number of rotatable bonds is 9. The average molecular weight is 221 g/mol. The van der Waals surface area contributed by atoms with Crippen LogP contribution in [0.2, 0.25) is 0 Å². The first-order valence-electron chi connectivity index (χ1n) is 6.07. The summed E-state index contributed by atoms with van der Waals surface area (Å²) in [6.45, 7) is 10.8. The van der Waals surface area contributed by atoms with Gasteiger partial charge < -0.3 is 15.9 Å². The smallest absolute Gasteiger partial charge is 0.00188 e. The van der Waals surface area contributed by atoms with E-state index in [1.807, 2.05) is 0 Å². The maximum atomic E-state index is 2.64. The van der Waals surface area contributed by atoms with Crippen LogP contribution in [0, 0.1) is 0 Å². The summed E-state index contributed by atoms with van der Waals surface area (Å²) in [4.78, 5) is 2.64. The van der Waals surface area contributed by atoms with E-state index in [1.54, 1.807) is 0 Å². The Kier molecular flexibility index (Phi) is 22.1. The minimum absolute atomic E-state index is 0. The standard InChI is InChI=1S/C12H27N.2H2O/c1-4-7-10-13(11-8-5-2)12-9-6-3;;/h4-12H2,1-3H3;2*1H2. The molecule has 0 aromatic carbocycles. The molecule has 0 aliphatic heterocycles. The highest BCUT2D eigenvalue weighted by molar-refractivity contribution is 4.57. The molecule has 96 valence electrons. The van der Waals surface area contributed by atoms with Gasteiger partial charge in [0.15, 0.2) is 0 Å². The van der Waals surface area contributed by atoms with Crippen molar-refractivity contribution in [2.75, 3.05) is 19.6 Å². The lowest BCUT2D eigenvalue weighted by Crippen LogP contribution is -2.27. The normalized spacial score (nSPS) is 9.60. The Morgan fingerprint density at radius 3 is 1.07 bits per heavy atom. The molecule has 0 atom stereocenters. The molecule has 0 aromatic rings. The van der Waals surface area contributed by atoms with E-state index in [0.717, 1.165) is 0 Å². The largest absolute Gasteiger partial charge is 0.412 e. The van der Waals surface area contributed by atoms with Crippen LogP contribution in [-0.2, 0) is 0 Å². The van der Waals surface area contributed by atoms with Crippen molar-refractivity contribution in [3.63, 3.8) is 0 Å². The van der Waals surface area contributed by atoms with Gasteiger partial charge >= 0.3 is 0 Å². The highest BCUT2D eigenvalue weighted by Gasteiger charge is 2.01. The second kappa shape index (κ2) is 16.3. The molecule has 0 radical (unpaired) electrons. The Hall–Kier alpha value is -0.120. The van der Waals surface area contributed by atoms with Gasteiger partial charge in [-0.2, -0.15) is 0 Å². The lowest BCUT2D eigenvalue weighted by molar-refractivity contribution is 0.261. The maximum Gasteiger partial charge on any atom is -0.00188 e. The summed E-state index contributed by atoms with van der Waals surface area (Å²) >= 11 is 0. The van der Waals surface area contributed by atoms with Crippen LogP contribution in [0.25, 0.3) is 0 Å². The molecule has 0 saturated carbocycles. The third-order valence-electron chi connectivity index (χ3n) is 2.48. The first kappa shape index (κ1) is 20.3. The Labute approximate surface area is 95.5 Å². The van der Waals surface area contributed by atoms with Crippen LogP contribution in [-0.4, -0.2) is 35.5 Å². The number of nitrogens with zero attached hydrogens (tertiary/aromatic N) is 1. The molecule has 0 amide bonds. The zero-order valence-corrected chi connectivity index (χ0v) is 10.8. The molecule has 0 saturated heterocycles. The summed E-state index contributed by atoms with van der Waals surface area (Å²) in [6.07, 6.45) is 8.09. The average Bonchev–Trinajstić information content (AvgIpc) is 2.17. The van der Waals surface area contributed by atoms with Gasteiger partial charge in [0.2, 0.25) is 0 Å². The molecular weight excluding hydrogens is 190 g/mol. The maximum absolute atomic E-state index is 2.64. The van der Waals surface area contributed by atoms with E-state index in [2.05, 4.69) is 25.7 Å². The van der Waals surface area contributed by atoms with Crippen molar-refractivity contribution in [3.8, 4) is 0 Å². The van der Waals surface area contributed by atoms with Crippen molar-refractivity contribution < 1.29 is 11.0 Å². The topological polar surface area (TPSA) is 66.2 Å². The van der Waals surface area contributed by atoms with E-state index in [-0.39, 0.29) is 11.0 Å². The van der Waals surface area contributed by atoms with Gasteiger partial charge in [-0.1, -0.05) is 40.0 Å². The first-order valence-corrected chi connectivity index (χ1v) is 6.07. The molecule has 0 heterocycles. The Bertz CT molecular complexity index is 80.6. The minimum Gasteiger partial charge on any atom is -0.412 e. The van der Waals surface area contributed by atoms with E-state index >= 15 is 0 Å². The first-order chi connectivity index (χ1) is 6.35. The van der Waals surface area contributed by atoms with Crippen LogP contribution < -0.4 is 0 Å². The lowest BCUT2D eigenvalue weighted by Gasteiger charge is -2.21. The molecule has 0 aromatic heterocycles. The highest BCUT2D eigenvalue weighted by atomic mass is 16.0. The molecule has 4 N–H and O–H groups in total. The third-order valence-corrected chi connectivity index (χ3v) is 2.48. The Balaban J connectivity index is -0.000000720. The molecule has 0 aliphatic carbocycles. The Morgan fingerprint density at radius 1 is 0.600 bits per heavy atom. The van der Waals surface area contributed by atoms with Gasteiger partial charge in [-0.15, -0.1) is 0 Å². The van der Waals surface area contributed by atoms with Gasteiger partial charge in [0.25, 0.3) is 0 Å². The van der Waals surface area contributed by atoms with Gasteiger partial charge in [-0.25, -0.2) is 0 Å². The quantitative estimate of drug-likeness (QED) is 0.587. The summed E-state index contributed by atoms with van der Waals surface area (Å²) in [7, 11) is 0. The molecule has 3 nitrogen and oxygen atoms in total. The van der Waals surface area contributed by atoms with Gasteiger partial charge in [0.05, 0.1) is 0 Å². The van der Waals surface area contributed by atoms with Crippen molar-refractivity contribution in [1.82, 2.24) is 4.90 Å². The molecule has 0 bridgehead atoms. The van der Waals surface area contributed by atoms with E-state index in [4.69, 9.17) is 0 Å². The van der Waals surface area contributed by atoms with Crippen LogP contribution in [0.4, 0.5) is 0 Å². The fraction of sp³-hybridized carbons (Fsp3) is 1.00. The van der Waals surface area contributed by atoms with Gasteiger partial charge in [0.1, 0.15) is 0 Å². The van der Waals surface area contributed by atoms with Crippen LogP contribution in [0.15, 0.2) is 0 Å². The van der Waals surface area contributed by atoms with E-state index < -0.39 is 0 Å². The van der Waals surface area contributed by atoms with Gasteiger partial charge in [-0.05, 0) is 38.9 Å². The summed E-state index contributed by atoms with van der Waals surface area (Å²) in [6, 6.07) is 0. The molecule has 15 heavy (non-hydrogen) atoms. The molecule has 3 heteroatoms. The predicted molar refractivity (Wildman–Crippen MR) is 68.4 cm³/mol. The molecule has 0 unspecified atom stereocenters. The molecule has 0 fully saturated rings. The minimum atomic E-state index is 0. The van der Waals surface area contributed by atoms with Crippen LogP contribution in [0.5, 0.6) is 0 Å². The summed E-state index contributed by atoms with van der Waals surface area (Å²) in [5.41, 5.74) is 0. The molecule has 0 rings (SSSR count). The van der Waals surface area contributed by atoms with E-state index in [1.165, 1.54) is 58.2 Å². The summed E-state index contributed by atoms with van der Waals surface area (Å²) in [5, 5.41) is 0. The van der Waals surface area contributed by atoms with Crippen molar-refractivity contribution in [2.45, 2.75) is 59.3 Å². The molecule has 0 aliphatic rings. The number of hydrogen-bond donors (Lipinski definition) is 0. The highest BCUT2D eigenvalue weighted by Crippen LogP contribution is 2.01. The van der Waals surface area contributed by atoms with Crippen LogP contribution in [0.3, 0.4) is 0 Å². The molecule has 0 spiro atoms. The van der Waals surface area contributed by atoms with Crippen molar-refractivity contribution in [3.05, 3.63) is 0 Å². The zero-order chi connectivity index (χ0) is 9.94. The second-order valence-electron chi connectivity index (χ2n) is 3.90. The van der Waals surface area contributed by atoms with Crippen LogP contribution >= 0.6 is 0 Å². The number of unbranched alkanes of at least 4 members (excludes halogenated alkanes) is 3. The summed E-state index contributed by atoms with van der Waals surface area (Å²) < 4.78 is 0. The monoisotopic (exact) mass is 221 g/mol. The summed E-state index contributed by atoms with van der Waals surface area (Å²) in [5.74, 6) is 0. The zero-order valence-electron chi connectivity index (χ0n) is 10.8. The molecular formula is C12H31NO2. The van der Waals surface area contributed by atoms with Crippen molar-refractivity contribution in [2.24, 2.45) is 0 Å². The van der Waals surface area contributed by atoms with Gasteiger partial charge in [0, 0.05) is 0 Å².